The van der Waals surface area contributed by atoms with E-state index in [1.54, 1.807) is 0 Å². The lowest BCUT2D eigenvalue weighted by Gasteiger charge is -2.38. The summed E-state index contributed by atoms with van der Waals surface area (Å²) in [7, 11) is 2.85. The summed E-state index contributed by atoms with van der Waals surface area (Å²) < 4.78 is 15.1. The molecule has 0 radical (unpaired) electrons. The Morgan fingerprint density at radius 2 is 2.05 bits per heavy atom. The van der Waals surface area contributed by atoms with Gasteiger partial charge < -0.3 is 13.9 Å². The Morgan fingerprint density at radius 3 is 2.45 bits per heavy atom. The molecule has 1 aliphatic carbocycles. The highest BCUT2D eigenvalue weighted by atomic mass is 33.1. The molecule has 0 spiro atoms. The highest BCUT2D eigenvalue weighted by Gasteiger charge is 2.55. The fraction of sp³-hybridized carbons (Fsp3) is 0.933. The fourth-order valence-electron chi connectivity index (χ4n) is 3.04. The standard InChI is InChI=1S/C15H27N2O2PS2/c1-11(2)17(12(3)4)20(18-10-9-16-6)19-14-13-7-8-15(14,5)22-21-13/h11-14H,7-10H2,1-5H3. The summed E-state index contributed by atoms with van der Waals surface area (Å²) in [4.78, 5) is 3.40. The first-order valence-electron chi connectivity index (χ1n) is 7.95. The van der Waals surface area contributed by atoms with Crippen LogP contribution in [0.1, 0.15) is 47.5 Å². The van der Waals surface area contributed by atoms with Gasteiger partial charge in [0.1, 0.15) is 6.61 Å². The van der Waals surface area contributed by atoms with Crippen LogP contribution in [0.3, 0.4) is 0 Å². The van der Waals surface area contributed by atoms with Crippen molar-refractivity contribution in [1.82, 2.24) is 4.67 Å². The Balaban J connectivity index is 2.08. The second-order valence-electron chi connectivity index (χ2n) is 6.62. The van der Waals surface area contributed by atoms with Gasteiger partial charge in [0, 0.05) is 17.3 Å². The molecule has 0 aromatic carbocycles. The fourth-order valence-corrected chi connectivity index (χ4v) is 8.83. The lowest BCUT2D eigenvalue weighted by molar-refractivity contribution is 0.128. The highest BCUT2D eigenvalue weighted by molar-refractivity contribution is 8.78. The third kappa shape index (κ3) is 4.12. The summed E-state index contributed by atoms with van der Waals surface area (Å²) >= 11 is 0. The van der Waals surface area contributed by atoms with Crippen molar-refractivity contribution in [2.24, 2.45) is 0 Å². The van der Waals surface area contributed by atoms with Crippen LogP contribution in [0.4, 0.5) is 0 Å². The van der Waals surface area contributed by atoms with Gasteiger partial charge in [0.15, 0.2) is 0 Å². The van der Waals surface area contributed by atoms with Crippen molar-refractivity contribution in [2.45, 2.75) is 75.6 Å². The molecule has 1 heterocycles. The summed E-state index contributed by atoms with van der Waals surface area (Å²) in [5.74, 6) is 0. The Bertz CT molecular complexity index is 401. The summed E-state index contributed by atoms with van der Waals surface area (Å²) in [5, 5.41) is 0.589. The molecule has 2 aliphatic rings. The van der Waals surface area contributed by atoms with E-state index in [0.29, 0.717) is 30.5 Å². The zero-order valence-electron chi connectivity index (χ0n) is 14.1. The van der Waals surface area contributed by atoms with Crippen molar-refractivity contribution in [3.05, 3.63) is 11.4 Å². The van der Waals surface area contributed by atoms with Crippen LogP contribution >= 0.6 is 30.1 Å². The number of fused-ring (bicyclic) bond motifs is 2. The molecule has 0 aromatic rings. The molecule has 1 aliphatic heterocycles. The van der Waals surface area contributed by atoms with Crippen LogP contribution in [0.15, 0.2) is 0 Å². The van der Waals surface area contributed by atoms with E-state index < -0.39 is 8.53 Å². The molecule has 4 nitrogen and oxygen atoms in total. The zero-order valence-corrected chi connectivity index (χ0v) is 16.6. The van der Waals surface area contributed by atoms with Crippen molar-refractivity contribution in [3.63, 3.8) is 0 Å². The van der Waals surface area contributed by atoms with Crippen LogP contribution in [0, 0.1) is 6.57 Å². The minimum absolute atomic E-state index is 0.221. The van der Waals surface area contributed by atoms with Crippen LogP contribution < -0.4 is 0 Å². The minimum Gasteiger partial charge on any atom is -0.316 e. The molecule has 1 saturated carbocycles. The van der Waals surface area contributed by atoms with E-state index in [1.807, 2.05) is 21.6 Å². The topological polar surface area (TPSA) is 26.1 Å². The maximum Gasteiger partial charge on any atom is 0.259 e. The van der Waals surface area contributed by atoms with Crippen LogP contribution in [0.5, 0.6) is 0 Å². The summed E-state index contributed by atoms with van der Waals surface area (Å²) in [5.41, 5.74) is 0. The van der Waals surface area contributed by atoms with E-state index in [0.717, 1.165) is 0 Å². The number of nitrogens with zero attached hydrogens (tertiary/aromatic N) is 2. The van der Waals surface area contributed by atoms with Gasteiger partial charge in [0.05, 0.1) is 10.9 Å². The Morgan fingerprint density at radius 1 is 1.36 bits per heavy atom. The Hall–Kier alpha value is 0.500. The van der Waals surface area contributed by atoms with Gasteiger partial charge >= 0.3 is 0 Å². The van der Waals surface area contributed by atoms with Crippen molar-refractivity contribution in [1.29, 1.82) is 0 Å². The lowest BCUT2D eigenvalue weighted by Crippen LogP contribution is -2.38. The van der Waals surface area contributed by atoms with E-state index in [1.165, 1.54) is 12.8 Å². The van der Waals surface area contributed by atoms with Crippen LogP contribution in [0.2, 0.25) is 0 Å². The van der Waals surface area contributed by atoms with Crippen LogP contribution in [-0.4, -0.2) is 46.0 Å². The van der Waals surface area contributed by atoms with Crippen molar-refractivity contribution >= 4 is 30.1 Å². The lowest BCUT2D eigenvalue weighted by atomic mass is 10.1. The molecule has 2 rings (SSSR count). The predicted octanol–water partition coefficient (Wildman–Crippen LogP) is 4.97. The van der Waals surface area contributed by atoms with Gasteiger partial charge in [0.25, 0.3) is 8.53 Å². The van der Waals surface area contributed by atoms with Gasteiger partial charge in [0.2, 0.25) is 6.54 Å². The van der Waals surface area contributed by atoms with Crippen molar-refractivity contribution < 1.29 is 9.05 Å². The summed E-state index contributed by atoms with van der Waals surface area (Å²) in [6.07, 6.45) is 2.74. The number of hydrogen-bond acceptors (Lipinski definition) is 5. The molecule has 0 amide bonds. The molecular formula is C15H27N2O2PS2. The average Bonchev–Trinajstić information content (AvgIpc) is 2.90. The van der Waals surface area contributed by atoms with Crippen molar-refractivity contribution in [3.8, 4) is 0 Å². The number of rotatable bonds is 8. The molecule has 2 bridgehead atoms. The third-order valence-electron chi connectivity index (χ3n) is 4.08. The van der Waals surface area contributed by atoms with Gasteiger partial charge in [-0.25, -0.2) is 11.2 Å². The first-order valence-corrected chi connectivity index (χ1v) is 11.3. The molecule has 4 unspecified atom stereocenters. The van der Waals surface area contributed by atoms with Gasteiger partial charge in [-0.3, -0.25) is 0 Å². The van der Waals surface area contributed by atoms with E-state index in [9.17, 15) is 0 Å². The highest BCUT2D eigenvalue weighted by Crippen LogP contribution is 2.64. The van der Waals surface area contributed by atoms with E-state index in [2.05, 4.69) is 44.1 Å². The largest absolute Gasteiger partial charge is 0.316 e. The molecule has 0 N–H and O–H groups in total. The van der Waals surface area contributed by atoms with Gasteiger partial charge in [-0.15, -0.1) is 0 Å². The molecule has 2 fully saturated rings. The quantitative estimate of drug-likeness (QED) is 0.263. The smallest absolute Gasteiger partial charge is 0.259 e. The molecule has 4 atom stereocenters. The maximum atomic E-state index is 6.94. The molecule has 7 heteroatoms. The minimum atomic E-state index is -1.11. The zero-order chi connectivity index (χ0) is 16.3. The first-order chi connectivity index (χ1) is 10.4. The normalized spacial score (nSPS) is 32.1. The molecule has 126 valence electrons. The number of hydrogen-bond donors (Lipinski definition) is 0. The van der Waals surface area contributed by atoms with Gasteiger partial charge in [-0.05, 0) is 47.5 Å². The van der Waals surface area contributed by atoms with E-state index in [-0.39, 0.29) is 10.9 Å². The molecule has 1 saturated heterocycles. The molecule has 22 heavy (non-hydrogen) atoms. The average molecular weight is 363 g/mol. The molecule has 0 aromatic heterocycles. The van der Waals surface area contributed by atoms with Crippen LogP contribution in [0.25, 0.3) is 4.85 Å². The second-order valence-corrected chi connectivity index (χ2v) is 11.0. The molecular weight excluding hydrogens is 335 g/mol. The summed E-state index contributed by atoms with van der Waals surface area (Å²) in [6, 6.07) is 0.734. The van der Waals surface area contributed by atoms with Gasteiger partial charge in [-0.1, -0.05) is 21.6 Å². The van der Waals surface area contributed by atoms with E-state index >= 15 is 0 Å². The SMILES string of the molecule is [C-]#[N+]CCOP(OC1C2CCC1(C)SS2)N(C(C)C)C(C)C. The third-order valence-corrected chi connectivity index (χ3v) is 10.0. The van der Waals surface area contributed by atoms with Crippen LogP contribution in [-0.2, 0) is 9.05 Å². The maximum absolute atomic E-state index is 6.94. The summed E-state index contributed by atoms with van der Waals surface area (Å²) in [6.45, 7) is 18.9. The predicted molar refractivity (Wildman–Crippen MR) is 97.9 cm³/mol. The Labute approximate surface area is 144 Å². The van der Waals surface area contributed by atoms with Crippen molar-refractivity contribution in [2.75, 3.05) is 13.2 Å². The first kappa shape index (κ1) is 18.8. The van der Waals surface area contributed by atoms with E-state index in [4.69, 9.17) is 15.6 Å². The Kier molecular flexibility index (Phi) is 6.89. The monoisotopic (exact) mass is 362 g/mol. The van der Waals surface area contributed by atoms with Gasteiger partial charge in [-0.2, -0.15) is 0 Å². The second kappa shape index (κ2) is 8.05.